The van der Waals surface area contributed by atoms with Crippen LogP contribution in [0.5, 0.6) is 0 Å². The van der Waals surface area contributed by atoms with Gasteiger partial charge in [0.15, 0.2) is 0 Å². The maximum absolute atomic E-state index is 11.2. The van der Waals surface area contributed by atoms with Crippen molar-refractivity contribution in [3.8, 4) is 0 Å². The topological polar surface area (TPSA) is 52.0 Å². The molecule has 0 radical (unpaired) electrons. The van der Waals surface area contributed by atoms with Crippen molar-refractivity contribution in [2.24, 2.45) is 7.05 Å². The summed E-state index contributed by atoms with van der Waals surface area (Å²) in [6.07, 6.45) is 0.790. The first-order valence-corrected chi connectivity index (χ1v) is 7.14. The van der Waals surface area contributed by atoms with Crippen LogP contribution in [0.4, 0.5) is 0 Å². The minimum absolute atomic E-state index is 0.115. The van der Waals surface area contributed by atoms with E-state index in [1.54, 1.807) is 16.8 Å². The van der Waals surface area contributed by atoms with Gasteiger partial charge in [0.2, 0.25) is 0 Å². The third-order valence-corrected chi connectivity index (χ3v) is 3.90. The van der Waals surface area contributed by atoms with Gasteiger partial charge in [-0.3, -0.25) is 4.68 Å². The van der Waals surface area contributed by atoms with Crippen molar-refractivity contribution in [2.75, 3.05) is 0 Å². The maximum atomic E-state index is 11.2. The predicted molar refractivity (Wildman–Crippen MR) is 63.1 cm³/mol. The van der Waals surface area contributed by atoms with E-state index in [1.807, 2.05) is 14.0 Å². The molecule has 0 amide bonds. The lowest BCUT2D eigenvalue weighted by Crippen LogP contribution is -1.95. The van der Waals surface area contributed by atoms with E-state index in [4.69, 9.17) is 10.7 Å². The molecule has 0 spiro atoms. The molecule has 0 atom stereocenters. The van der Waals surface area contributed by atoms with Crippen molar-refractivity contribution in [1.82, 2.24) is 9.78 Å². The normalized spacial score (nSPS) is 12.2. The van der Waals surface area contributed by atoms with Crippen LogP contribution in [0.1, 0.15) is 12.6 Å². The molecular weight excluding hydrogens is 248 g/mol. The number of benzene rings is 1. The van der Waals surface area contributed by atoms with Gasteiger partial charge in [-0.1, -0.05) is 6.92 Å². The van der Waals surface area contributed by atoms with Crippen molar-refractivity contribution < 1.29 is 8.42 Å². The average molecular weight is 259 g/mol. The van der Waals surface area contributed by atoms with E-state index in [9.17, 15) is 8.42 Å². The van der Waals surface area contributed by atoms with Crippen LogP contribution in [0.15, 0.2) is 23.1 Å². The fourth-order valence-electron chi connectivity index (χ4n) is 1.80. The second-order valence-corrected chi connectivity index (χ2v) is 6.11. The summed E-state index contributed by atoms with van der Waals surface area (Å²) in [5, 5.41) is 5.13. The zero-order chi connectivity index (χ0) is 11.9. The van der Waals surface area contributed by atoms with E-state index in [1.165, 1.54) is 6.07 Å². The molecular formula is C10H11ClN2O2S. The summed E-state index contributed by atoms with van der Waals surface area (Å²) in [6, 6.07) is 4.71. The Labute approximate surface area is 98.2 Å². The van der Waals surface area contributed by atoms with E-state index >= 15 is 0 Å². The second kappa shape index (κ2) is 3.75. The average Bonchev–Trinajstić information content (AvgIpc) is 2.50. The molecule has 0 aliphatic carbocycles. The third kappa shape index (κ3) is 1.81. The Kier molecular flexibility index (Phi) is 2.67. The van der Waals surface area contributed by atoms with Crippen LogP contribution in [0, 0.1) is 0 Å². The molecule has 0 saturated heterocycles. The Morgan fingerprint density at radius 2 is 2.12 bits per heavy atom. The molecule has 0 saturated carbocycles. The Balaban J connectivity index is 2.79. The third-order valence-electron chi connectivity index (χ3n) is 2.54. The van der Waals surface area contributed by atoms with Crippen molar-refractivity contribution in [2.45, 2.75) is 18.2 Å². The molecule has 6 heteroatoms. The van der Waals surface area contributed by atoms with E-state index in [2.05, 4.69) is 5.10 Å². The van der Waals surface area contributed by atoms with Gasteiger partial charge in [-0.15, -0.1) is 0 Å². The molecule has 2 aromatic rings. The highest BCUT2D eigenvalue weighted by Gasteiger charge is 2.14. The lowest BCUT2D eigenvalue weighted by atomic mass is 10.2. The number of fused-ring (bicyclic) bond motifs is 1. The van der Waals surface area contributed by atoms with E-state index in [0.29, 0.717) is 0 Å². The van der Waals surface area contributed by atoms with Crippen molar-refractivity contribution >= 4 is 30.6 Å². The molecule has 1 heterocycles. The van der Waals surface area contributed by atoms with Gasteiger partial charge in [-0.05, 0) is 24.6 Å². The van der Waals surface area contributed by atoms with Gasteiger partial charge in [0, 0.05) is 28.8 Å². The molecule has 1 aromatic heterocycles. The van der Waals surface area contributed by atoms with E-state index in [-0.39, 0.29) is 4.90 Å². The van der Waals surface area contributed by atoms with E-state index < -0.39 is 9.05 Å². The van der Waals surface area contributed by atoms with Gasteiger partial charge in [0.25, 0.3) is 9.05 Å². The Bertz CT molecular complexity index is 646. The first-order chi connectivity index (χ1) is 7.43. The number of halogens is 1. The standard InChI is InChI=1S/C10H11ClN2O2S/c1-3-10-8-6-7(16(11,14)15)4-5-9(8)12-13(10)2/h4-6H,3H2,1-2H3. The number of hydrogen-bond acceptors (Lipinski definition) is 3. The summed E-state index contributed by atoms with van der Waals surface area (Å²) in [4.78, 5) is 0.115. The van der Waals surface area contributed by atoms with Crippen LogP contribution in [-0.4, -0.2) is 18.2 Å². The van der Waals surface area contributed by atoms with Gasteiger partial charge < -0.3 is 0 Å². The van der Waals surface area contributed by atoms with Gasteiger partial charge in [0.05, 0.1) is 10.4 Å². The number of hydrogen-bond donors (Lipinski definition) is 0. The highest BCUT2D eigenvalue weighted by Crippen LogP contribution is 2.24. The van der Waals surface area contributed by atoms with E-state index in [0.717, 1.165) is 23.0 Å². The highest BCUT2D eigenvalue weighted by atomic mass is 35.7. The molecule has 0 unspecified atom stereocenters. The van der Waals surface area contributed by atoms with Crippen LogP contribution in [-0.2, 0) is 22.5 Å². The number of aryl methyl sites for hydroxylation is 2. The Morgan fingerprint density at radius 3 is 2.69 bits per heavy atom. The first-order valence-electron chi connectivity index (χ1n) is 4.83. The molecule has 0 aliphatic heterocycles. The summed E-state index contributed by atoms with van der Waals surface area (Å²) in [5.41, 5.74) is 1.78. The van der Waals surface area contributed by atoms with Crippen LogP contribution in [0.25, 0.3) is 10.9 Å². The smallest absolute Gasteiger partial charge is 0.261 e. The van der Waals surface area contributed by atoms with Crippen LogP contribution >= 0.6 is 10.7 Å². The zero-order valence-electron chi connectivity index (χ0n) is 8.94. The quantitative estimate of drug-likeness (QED) is 0.775. The maximum Gasteiger partial charge on any atom is 0.261 e. The van der Waals surface area contributed by atoms with Crippen molar-refractivity contribution in [3.05, 3.63) is 23.9 Å². The Hall–Kier alpha value is -1.07. The molecule has 0 aliphatic rings. The summed E-state index contributed by atoms with van der Waals surface area (Å²) < 4.78 is 24.2. The van der Waals surface area contributed by atoms with Gasteiger partial charge in [-0.25, -0.2) is 8.42 Å². The molecule has 0 bridgehead atoms. The lowest BCUT2D eigenvalue weighted by molar-refractivity contribution is 0.609. The minimum Gasteiger partial charge on any atom is -0.271 e. The zero-order valence-corrected chi connectivity index (χ0v) is 10.5. The molecule has 1 aromatic carbocycles. The molecule has 2 rings (SSSR count). The summed E-state index contributed by atoms with van der Waals surface area (Å²) in [7, 11) is 3.47. The summed E-state index contributed by atoms with van der Waals surface area (Å²) in [5.74, 6) is 0. The first kappa shape index (κ1) is 11.4. The lowest BCUT2D eigenvalue weighted by Gasteiger charge is -1.98. The molecule has 0 N–H and O–H groups in total. The molecule has 86 valence electrons. The number of rotatable bonds is 2. The van der Waals surface area contributed by atoms with Gasteiger partial charge in [-0.2, -0.15) is 5.10 Å². The number of nitrogens with zero attached hydrogens (tertiary/aromatic N) is 2. The van der Waals surface area contributed by atoms with Crippen LogP contribution < -0.4 is 0 Å². The summed E-state index contributed by atoms with van der Waals surface area (Å²) in [6.45, 7) is 2.00. The highest BCUT2D eigenvalue weighted by molar-refractivity contribution is 8.13. The van der Waals surface area contributed by atoms with Crippen molar-refractivity contribution in [1.29, 1.82) is 0 Å². The van der Waals surface area contributed by atoms with Crippen molar-refractivity contribution in [3.63, 3.8) is 0 Å². The monoisotopic (exact) mass is 258 g/mol. The molecule has 4 nitrogen and oxygen atoms in total. The summed E-state index contributed by atoms with van der Waals surface area (Å²) >= 11 is 0. The second-order valence-electron chi connectivity index (χ2n) is 3.54. The largest absolute Gasteiger partial charge is 0.271 e. The fraction of sp³-hybridized carbons (Fsp3) is 0.300. The van der Waals surface area contributed by atoms with Crippen LogP contribution in [0.2, 0.25) is 0 Å². The van der Waals surface area contributed by atoms with Crippen LogP contribution in [0.3, 0.4) is 0 Å². The molecule has 0 fully saturated rings. The van der Waals surface area contributed by atoms with Gasteiger partial charge in [0.1, 0.15) is 0 Å². The SMILES string of the molecule is CCc1c2cc(S(=O)(=O)Cl)ccc2nn1C. The fourth-order valence-corrected chi connectivity index (χ4v) is 2.58. The number of aromatic nitrogens is 2. The minimum atomic E-state index is -3.67. The Morgan fingerprint density at radius 1 is 1.44 bits per heavy atom. The predicted octanol–water partition coefficient (Wildman–Crippen LogP) is 2.06. The molecule has 16 heavy (non-hydrogen) atoms. The van der Waals surface area contributed by atoms with Gasteiger partial charge >= 0.3 is 0 Å².